The second-order valence-corrected chi connectivity index (χ2v) is 3.01. The topological polar surface area (TPSA) is 12.4 Å². The van der Waals surface area contributed by atoms with Crippen LogP contribution in [-0.4, -0.2) is 5.71 Å². The van der Waals surface area contributed by atoms with Crippen LogP contribution in [0, 0.1) is 0 Å². The van der Waals surface area contributed by atoms with E-state index in [0.717, 1.165) is 11.4 Å². The van der Waals surface area contributed by atoms with Crippen LogP contribution in [-0.2, 0) is 0 Å². The minimum atomic E-state index is 0.932. The fourth-order valence-electron chi connectivity index (χ4n) is 0.828. The Hall–Kier alpha value is -1.37. The van der Waals surface area contributed by atoms with Crippen molar-refractivity contribution in [2.45, 2.75) is 55.4 Å². The third kappa shape index (κ3) is 12.7. The van der Waals surface area contributed by atoms with E-state index in [9.17, 15) is 0 Å². The normalized spacial score (nSPS) is 12.3. The molecule has 0 unspecified atom stereocenters. The van der Waals surface area contributed by atoms with Gasteiger partial charge in [-0.25, -0.2) is 0 Å². The largest absolute Gasteiger partial charge is 0.254 e. The van der Waals surface area contributed by atoms with E-state index in [1.165, 1.54) is 5.57 Å². The number of rotatable bonds is 4. The van der Waals surface area contributed by atoms with Crippen molar-refractivity contribution < 1.29 is 0 Å². The molecule has 0 N–H and O–H groups in total. The smallest absolute Gasteiger partial charge is 0.0658 e. The summed E-state index contributed by atoms with van der Waals surface area (Å²) in [7, 11) is 0. The van der Waals surface area contributed by atoms with E-state index >= 15 is 0 Å². The molecule has 1 nitrogen and oxygen atoms in total. The fraction of sp³-hybridized carbons (Fsp3) is 0.471. The average Bonchev–Trinajstić information content (AvgIpc) is 2.46. The van der Waals surface area contributed by atoms with Crippen molar-refractivity contribution in [3.63, 3.8) is 0 Å². The number of nitrogens with zero attached hydrogens (tertiary/aromatic N) is 1. The highest BCUT2D eigenvalue weighted by Crippen LogP contribution is 2.11. The van der Waals surface area contributed by atoms with E-state index in [1.54, 1.807) is 6.08 Å². The summed E-state index contributed by atoms with van der Waals surface area (Å²) in [5, 5.41) is 0. The van der Waals surface area contributed by atoms with Gasteiger partial charge in [-0.1, -0.05) is 52.5 Å². The third-order valence-electron chi connectivity index (χ3n) is 1.88. The molecule has 0 rings (SSSR count). The van der Waals surface area contributed by atoms with E-state index in [2.05, 4.69) is 24.6 Å². The first-order valence-electron chi connectivity index (χ1n) is 6.79. The minimum Gasteiger partial charge on any atom is -0.254 e. The highest BCUT2D eigenvalue weighted by Gasteiger charge is 1.95. The molecule has 0 aliphatic heterocycles. The average molecular weight is 249 g/mol. The minimum absolute atomic E-state index is 0.932. The molecule has 0 fully saturated rings. The lowest BCUT2D eigenvalue weighted by atomic mass is 10.2. The summed E-state index contributed by atoms with van der Waals surface area (Å²) in [5.74, 6) is 0. The molecular weight excluding hydrogens is 218 g/mol. The Labute approximate surface area is 115 Å². The van der Waals surface area contributed by atoms with Crippen LogP contribution in [0.15, 0.2) is 53.2 Å². The number of allylic oxidation sites excluding steroid dienone is 6. The van der Waals surface area contributed by atoms with Crippen LogP contribution in [0.5, 0.6) is 0 Å². The van der Waals surface area contributed by atoms with Gasteiger partial charge in [0.1, 0.15) is 0 Å². The molecule has 0 aromatic heterocycles. The van der Waals surface area contributed by atoms with Gasteiger partial charge in [-0.2, -0.15) is 0 Å². The molecule has 18 heavy (non-hydrogen) atoms. The van der Waals surface area contributed by atoms with E-state index < -0.39 is 0 Å². The van der Waals surface area contributed by atoms with Gasteiger partial charge in [-0.3, -0.25) is 4.99 Å². The molecule has 0 saturated heterocycles. The lowest BCUT2D eigenvalue weighted by Crippen LogP contribution is -1.88. The molecule has 0 bridgehead atoms. The van der Waals surface area contributed by atoms with Crippen LogP contribution >= 0.6 is 0 Å². The van der Waals surface area contributed by atoms with Gasteiger partial charge in [0.2, 0.25) is 0 Å². The molecule has 0 aromatic carbocycles. The summed E-state index contributed by atoms with van der Waals surface area (Å²) in [4.78, 5) is 4.44. The van der Waals surface area contributed by atoms with Crippen molar-refractivity contribution in [1.29, 1.82) is 0 Å². The monoisotopic (exact) mass is 249 g/mol. The van der Waals surface area contributed by atoms with Crippen molar-refractivity contribution in [1.82, 2.24) is 0 Å². The van der Waals surface area contributed by atoms with Crippen molar-refractivity contribution >= 4 is 5.71 Å². The fourth-order valence-corrected chi connectivity index (χ4v) is 0.828. The molecule has 104 valence electrons. The maximum absolute atomic E-state index is 4.44. The third-order valence-corrected chi connectivity index (χ3v) is 1.88. The standard InChI is InChI=1S/C13H19N.2C2H6/c1-6-9-10-13(11(4)7-2)14-12(5)8-3;2*1-2/h6-10H,3H2,1-2,4-5H3;2*1-2H3/b9-6-,11-7-,13-10+,14-12?;;. The quantitative estimate of drug-likeness (QED) is 0.421. The number of aliphatic imine (C=N–C) groups is 1. The Kier molecular flexibility index (Phi) is 21.9. The van der Waals surface area contributed by atoms with Crippen LogP contribution in [0.1, 0.15) is 55.4 Å². The summed E-state index contributed by atoms with van der Waals surface area (Å²) < 4.78 is 0. The van der Waals surface area contributed by atoms with Gasteiger partial charge in [0.25, 0.3) is 0 Å². The van der Waals surface area contributed by atoms with E-state index in [0.29, 0.717) is 0 Å². The molecule has 0 spiro atoms. The molecule has 1 heteroatoms. The van der Waals surface area contributed by atoms with Gasteiger partial charge in [-0.05, 0) is 45.4 Å². The van der Waals surface area contributed by atoms with E-state index in [1.807, 2.05) is 66.7 Å². The predicted molar refractivity (Wildman–Crippen MR) is 88.3 cm³/mol. The van der Waals surface area contributed by atoms with E-state index in [-0.39, 0.29) is 0 Å². The van der Waals surface area contributed by atoms with Gasteiger partial charge in [-0.15, -0.1) is 0 Å². The Morgan fingerprint density at radius 2 is 1.50 bits per heavy atom. The first kappa shape index (κ1) is 21.9. The van der Waals surface area contributed by atoms with Crippen LogP contribution in [0.4, 0.5) is 0 Å². The first-order chi connectivity index (χ1) is 8.65. The van der Waals surface area contributed by atoms with Crippen molar-refractivity contribution in [2.75, 3.05) is 0 Å². The van der Waals surface area contributed by atoms with Crippen LogP contribution in [0.25, 0.3) is 0 Å². The lowest BCUT2D eigenvalue weighted by Gasteiger charge is -2.01. The van der Waals surface area contributed by atoms with Crippen LogP contribution in [0.2, 0.25) is 0 Å². The summed E-state index contributed by atoms with van der Waals surface area (Å²) in [6, 6.07) is 0. The Morgan fingerprint density at radius 1 is 1.00 bits per heavy atom. The first-order valence-corrected chi connectivity index (χ1v) is 6.79. The molecule has 0 aliphatic rings. The molecular formula is C17H31N. The molecule has 0 atom stereocenters. The highest BCUT2D eigenvalue weighted by molar-refractivity contribution is 5.93. The van der Waals surface area contributed by atoms with Gasteiger partial charge in [0.05, 0.1) is 5.70 Å². The molecule has 0 aliphatic carbocycles. The van der Waals surface area contributed by atoms with Crippen molar-refractivity contribution in [3.05, 3.63) is 48.2 Å². The zero-order valence-electron chi connectivity index (χ0n) is 13.5. The highest BCUT2D eigenvalue weighted by atomic mass is 14.7. The summed E-state index contributed by atoms with van der Waals surface area (Å²) >= 11 is 0. The molecule has 0 saturated carbocycles. The van der Waals surface area contributed by atoms with Crippen molar-refractivity contribution in [3.8, 4) is 0 Å². The summed E-state index contributed by atoms with van der Waals surface area (Å²) in [6.45, 7) is 19.7. The molecule has 0 heterocycles. The second-order valence-electron chi connectivity index (χ2n) is 3.01. The maximum Gasteiger partial charge on any atom is 0.0658 e. The lowest BCUT2D eigenvalue weighted by molar-refractivity contribution is 1.27. The Morgan fingerprint density at radius 3 is 1.83 bits per heavy atom. The van der Waals surface area contributed by atoms with Gasteiger partial charge < -0.3 is 0 Å². The maximum atomic E-state index is 4.44. The van der Waals surface area contributed by atoms with Gasteiger partial charge >= 0.3 is 0 Å². The predicted octanol–water partition coefficient (Wildman–Crippen LogP) is 6.11. The van der Waals surface area contributed by atoms with E-state index in [4.69, 9.17) is 0 Å². The zero-order chi connectivity index (χ0) is 15.0. The zero-order valence-corrected chi connectivity index (χ0v) is 13.5. The SMILES string of the molecule is C=CC(C)=NC(=C/C=C\C)/C(C)=C\C.CC.CC. The number of hydrogen-bond donors (Lipinski definition) is 0. The van der Waals surface area contributed by atoms with Gasteiger partial charge in [0.15, 0.2) is 0 Å². The second kappa shape index (κ2) is 18.0. The summed E-state index contributed by atoms with van der Waals surface area (Å²) in [5.41, 5.74) is 3.09. The summed E-state index contributed by atoms with van der Waals surface area (Å²) in [6.07, 6.45) is 9.79. The molecule has 0 amide bonds. The Balaban J connectivity index is -0.000000506. The van der Waals surface area contributed by atoms with Crippen LogP contribution < -0.4 is 0 Å². The van der Waals surface area contributed by atoms with Gasteiger partial charge in [0, 0.05) is 5.71 Å². The van der Waals surface area contributed by atoms with Crippen molar-refractivity contribution in [2.24, 2.45) is 4.99 Å². The number of hydrogen-bond acceptors (Lipinski definition) is 1. The van der Waals surface area contributed by atoms with Crippen LogP contribution in [0.3, 0.4) is 0 Å². The molecule has 0 aromatic rings. The Bertz CT molecular complexity index is 302. The molecule has 0 radical (unpaired) electrons.